The maximum absolute atomic E-state index is 14.6. The van der Waals surface area contributed by atoms with E-state index in [9.17, 15) is 9.18 Å². The number of nitrogens with one attached hydrogen (secondary N) is 1. The molecule has 0 aromatic carbocycles. The molecular formula is C17H21FN4O2. The second-order valence-electron chi connectivity index (χ2n) is 6.45. The molecule has 7 heteroatoms. The molecule has 0 bridgehead atoms. The largest absolute Gasteiger partial charge is 0.444 e. The van der Waals surface area contributed by atoms with Gasteiger partial charge in [0.2, 0.25) is 0 Å². The summed E-state index contributed by atoms with van der Waals surface area (Å²) in [5, 5.41) is 2.33. The minimum Gasteiger partial charge on any atom is -0.444 e. The summed E-state index contributed by atoms with van der Waals surface area (Å²) in [6, 6.07) is 1.55. The fourth-order valence-corrected chi connectivity index (χ4v) is 2.08. The number of hydrogen-bond donors (Lipinski definition) is 2. The highest BCUT2D eigenvalue weighted by Crippen LogP contribution is 2.22. The van der Waals surface area contributed by atoms with Crippen LogP contribution >= 0.6 is 0 Å². The van der Waals surface area contributed by atoms with Gasteiger partial charge in [-0.1, -0.05) is 0 Å². The maximum Gasteiger partial charge on any atom is 0.413 e. The summed E-state index contributed by atoms with van der Waals surface area (Å²) in [5.41, 5.74) is 7.74. The zero-order valence-electron chi connectivity index (χ0n) is 14.2. The van der Waals surface area contributed by atoms with E-state index < -0.39 is 17.5 Å². The van der Waals surface area contributed by atoms with Gasteiger partial charge in [-0.25, -0.2) is 14.2 Å². The van der Waals surface area contributed by atoms with Crippen molar-refractivity contribution in [3.63, 3.8) is 0 Å². The van der Waals surface area contributed by atoms with E-state index in [-0.39, 0.29) is 5.82 Å². The van der Waals surface area contributed by atoms with Crippen LogP contribution in [0.5, 0.6) is 0 Å². The Balaban J connectivity index is 2.22. The Hall–Kier alpha value is -2.70. The molecule has 24 heavy (non-hydrogen) atoms. The molecule has 2 aromatic heterocycles. The number of nitrogens with zero attached hydrogens (tertiary/aromatic N) is 2. The number of hydrogen-bond acceptors (Lipinski definition) is 5. The van der Waals surface area contributed by atoms with Crippen molar-refractivity contribution >= 4 is 17.6 Å². The maximum atomic E-state index is 14.6. The van der Waals surface area contributed by atoms with Crippen molar-refractivity contribution in [1.29, 1.82) is 0 Å². The van der Waals surface area contributed by atoms with Crippen LogP contribution in [0.1, 0.15) is 37.5 Å². The fraction of sp³-hybridized carbons (Fsp3) is 0.353. The standard InChI is InChI=1S/C17H21FN4O2/c1-10-12(8-20-9-13(10)19)7-11-5-6-21-15(14(11)18)22-16(23)24-17(2,3)4/h5-6,8-9H,7,19H2,1-4H3,(H,21,22,23). The third-order valence-electron chi connectivity index (χ3n) is 3.33. The van der Waals surface area contributed by atoms with Gasteiger partial charge in [-0.05, 0) is 50.5 Å². The topological polar surface area (TPSA) is 90.1 Å². The molecule has 0 atom stereocenters. The summed E-state index contributed by atoms with van der Waals surface area (Å²) in [6.07, 6.45) is 4.17. The average Bonchev–Trinajstić information content (AvgIpc) is 2.46. The molecule has 2 rings (SSSR count). The molecule has 0 radical (unpaired) electrons. The molecule has 0 spiro atoms. The number of amides is 1. The highest BCUT2D eigenvalue weighted by molar-refractivity contribution is 5.83. The molecule has 0 fully saturated rings. The summed E-state index contributed by atoms with van der Waals surface area (Å²) in [5.74, 6) is -0.776. The fourth-order valence-electron chi connectivity index (χ4n) is 2.08. The zero-order chi connectivity index (χ0) is 17.9. The third kappa shape index (κ3) is 4.41. The number of rotatable bonds is 3. The monoisotopic (exact) mass is 332 g/mol. The SMILES string of the molecule is Cc1c(N)cncc1Cc1ccnc(NC(=O)OC(C)(C)C)c1F. The van der Waals surface area contributed by atoms with E-state index in [4.69, 9.17) is 10.5 Å². The van der Waals surface area contributed by atoms with Crippen LogP contribution in [-0.2, 0) is 11.2 Å². The molecule has 0 aliphatic rings. The number of carbonyl (C=O) groups excluding carboxylic acids is 1. The van der Waals surface area contributed by atoms with Crippen LogP contribution in [0.2, 0.25) is 0 Å². The Morgan fingerprint density at radius 2 is 2.04 bits per heavy atom. The first-order chi connectivity index (χ1) is 11.2. The van der Waals surface area contributed by atoms with Gasteiger partial charge in [0.05, 0.1) is 11.9 Å². The molecule has 6 nitrogen and oxygen atoms in total. The predicted octanol–water partition coefficient (Wildman–Crippen LogP) is 3.44. The minimum absolute atomic E-state index is 0.170. The van der Waals surface area contributed by atoms with Gasteiger partial charge in [0.25, 0.3) is 0 Å². The van der Waals surface area contributed by atoms with Crippen molar-refractivity contribution in [2.24, 2.45) is 0 Å². The van der Waals surface area contributed by atoms with Crippen LogP contribution in [0.4, 0.5) is 20.7 Å². The van der Waals surface area contributed by atoms with E-state index in [1.807, 2.05) is 6.92 Å². The third-order valence-corrected chi connectivity index (χ3v) is 3.33. The lowest BCUT2D eigenvalue weighted by molar-refractivity contribution is 0.0634. The molecular weight excluding hydrogens is 311 g/mol. The van der Waals surface area contributed by atoms with Gasteiger partial charge in [-0.3, -0.25) is 10.3 Å². The summed E-state index contributed by atoms with van der Waals surface area (Å²) in [4.78, 5) is 19.7. The van der Waals surface area contributed by atoms with E-state index in [0.717, 1.165) is 11.1 Å². The van der Waals surface area contributed by atoms with Gasteiger partial charge in [-0.15, -0.1) is 0 Å². The molecule has 3 N–H and O–H groups in total. The second-order valence-corrected chi connectivity index (χ2v) is 6.45. The summed E-state index contributed by atoms with van der Waals surface area (Å²) in [7, 11) is 0. The minimum atomic E-state index is -0.757. The number of nitrogens with two attached hydrogens (primary N) is 1. The van der Waals surface area contributed by atoms with E-state index in [1.165, 1.54) is 6.20 Å². The van der Waals surface area contributed by atoms with E-state index in [0.29, 0.717) is 17.7 Å². The highest BCUT2D eigenvalue weighted by Gasteiger charge is 2.19. The smallest absolute Gasteiger partial charge is 0.413 e. The van der Waals surface area contributed by atoms with E-state index in [2.05, 4.69) is 15.3 Å². The van der Waals surface area contributed by atoms with Crippen LogP contribution in [0.15, 0.2) is 24.7 Å². The van der Waals surface area contributed by atoms with Crippen LogP contribution in [0, 0.1) is 12.7 Å². The van der Waals surface area contributed by atoms with Crippen LogP contribution in [-0.4, -0.2) is 21.7 Å². The highest BCUT2D eigenvalue weighted by atomic mass is 19.1. The number of nitrogen functional groups attached to an aromatic ring is 1. The molecule has 0 saturated carbocycles. The van der Waals surface area contributed by atoms with Crippen LogP contribution in [0.25, 0.3) is 0 Å². The van der Waals surface area contributed by atoms with Crippen molar-refractivity contribution in [2.75, 3.05) is 11.1 Å². The Labute approximate surface area is 140 Å². The first-order valence-electron chi connectivity index (χ1n) is 7.49. The lowest BCUT2D eigenvalue weighted by Gasteiger charge is -2.19. The first-order valence-corrected chi connectivity index (χ1v) is 7.49. The van der Waals surface area contributed by atoms with Crippen LogP contribution in [0.3, 0.4) is 0 Å². The molecule has 0 aliphatic heterocycles. The number of aromatic nitrogens is 2. The molecule has 0 unspecified atom stereocenters. The summed E-state index contributed by atoms with van der Waals surface area (Å²) < 4.78 is 19.7. The van der Waals surface area contributed by atoms with E-state index in [1.54, 1.807) is 39.2 Å². The molecule has 0 aliphatic carbocycles. The Bertz CT molecular complexity index is 757. The summed E-state index contributed by atoms with van der Waals surface area (Å²) in [6.45, 7) is 7.03. The van der Waals surface area contributed by atoms with Gasteiger partial charge < -0.3 is 10.5 Å². The quantitative estimate of drug-likeness (QED) is 0.898. The number of anilines is 2. The first kappa shape index (κ1) is 17.7. The predicted molar refractivity (Wildman–Crippen MR) is 90.2 cm³/mol. The van der Waals surface area contributed by atoms with Gasteiger partial charge in [0.1, 0.15) is 5.60 Å². The van der Waals surface area contributed by atoms with Gasteiger partial charge in [0, 0.05) is 18.8 Å². The average molecular weight is 332 g/mol. The van der Waals surface area contributed by atoms with Gasteiger partial charge >= 0.3 is 6.09 Å². The number of carbonyl (C=O) groups is 1. The van der Waals surface area contributed by atoms with Crippen molar-refractivity contribution in [3.05, 3.63) is 47.2 Å². The van der Waals surface area contributed by atoms with Crippen molar-refractivity contribution < 1.29 is 13.9 Å². The van der Waals surface area contributed by atoms with Crippen molar-refractivity contribution in [2.45, 2.75) is 39.7 Å². The van der Waals surface area contributed by atoms with Crippen molar-refractivity contribution in [3.8, 4) is 0 Å². The molecule has 2 heterocycles. The number of pyridine rings is 2. The summed E-state index contributed by atoms with van der Waals surface area (Å²) >= 11 is 0. The lowest BCUT2D eigenvalue weighted by Crippen LogP contribution is -2.28. The van der Waals surface area contributed by atoms with Gasteiger partial charge in [0.15, 0.2) is 11.6 Å². The van der Waals surface area contributed by atoms with Crippen LogP contribution < -0.4 is 11.1 Å². The normalized spacial score (nSPS) is 11.2. The molecule has 128 valence electrons. The van der Waals surface area contributed by atoms with Crippen molar-refractivity contribution in [1.82, 2.24) is 9.97 Å². The lowest BCUT2D eigenvalue weighted by atomic mass is 10.0. The Kier molecular flexibility index (Phi) is 5.02. The zero-order valence-corrected chi connectivity index (χ0v) is 14.2. The number of ether oxygens (including phenoxy) is 1. The molecule has 0 saturated heterocycles. The molecule has 1 amide bonds. The Morgan fingerprint density at radius 1 is 1.33 bits per heavy atom. The number of halogens is 1. The van der Waals surface area contributed by atoms with E-state index >= 15 is 0 Å². The second kappa shape index (κ2) is 6.82. The van der Waals surface area contributed by atoms with Gasteiger partial charge in [-0.2, -0.15) is 0 Å². The molecule has 2 aromatic rings. The Morgan fingerprint density at radius 3 is 2.71 bits per heavy atom.